The van der Waals surface area contributed by atoms with E-state index in [2.05, 4.69) is 26.3 Å². The second-order valence-electron chi connectivity index (χ2n) is 10.1. The lowest BCUT2D eigenvalue weighted by molar-refractivity contribution is -0.157. The molecule has 0 unspecified atom stereocenters. The number of aromatic nitrogens is 2. The molecule has 4 rings (SSSR count). The summed E-state index contributed by atoms with van der Waals surface area (Å²) >= 11 is 0. The molecule has 38 heavy (non-hydrogen) atoms. The van der Waals surface area contributed by atoms with Crippen LogP contribution in [-0.4, -0.2) is 63.6 Å². The summed E-state index contributed by atoms with van der Waals surface area (Å²) < 4.78 is 5.68. The summed E-state index contributed by atoms with van der Waals surface area (Å²) in [5, 5.41) is 16.1. The van der Waals surface area contributed by atoms with Crippen LogP contribution in [0.15, 0.2) is 30.3 Å². The summed E-state index contributed by atoms with van der Waals surface area (Å²) in [6.07, 6.45) is 4.04. The standard InChI is InChI=1S/C27H34N6O5/c1-15(2)24-25(35)28-16(3)26(36)33-12-6-8-21(32-33)27(37)38-17(4)22-14-19-13-18(7-5-9-23(34)29-24)10-11-20(19)30-31-22/h5,7,10-11,13-17,21,24,32H,6,8-9,12H2,1-4H3,(H,28,35)(H,29,34)/b7-5+/t16-,17+,21-,24-/m0/s1. The lowest BCUT2D eigenvalue weighted by Crippen LogP contribution is -2.61. The van der Waals surface area contributed by atoms with E-state index in [9.17, 15) is 19.2 Å². The van der Waals surface area contributed by atoms with Gasteiger partial charge in [-0.3, -0.25) is 24.2 Å². The zero-order valence-electron chi connectivity index (χ0n) is 22.1. The number of hydrogen-bond donors (Lipinski definition) is 3. The Morgan fingerprint density at radius 2 is 1.84 bits per heavy atom. The number of nitrogens with one attached hydrogen (secondary N) is 3. The van der Waals surface area contributed by atoms with Crippen LogP contribution in [0.3, 0.4) is 0 Å². The zero-order chi connectivity index (χ0) is 27.4. The SMILES string of the molecule is CC(C)[C@@H]1NC(=O)C/C=C/c2ccc3nnc(cc3c2)[C@@H](C)OC(=O)[C@@H]2CCCN(N2)C(=O)[C@H](C)NC1=O. The molecule has 2 aliphatic heterocycles. The number of cyclic esters (lactones) is 1. The summed E-state index contributed by atoms with van der Waals surface area (Å²) in [6.45, 7) is 7.33. The molecule has 1 fully saturated rings. The Morgan fingerprint density at radius 3 is 2.61 bits per heavy atom. The largest absolute Gasteiger partial charge is 0.455 e. The molecule has 0 saturated carbocycles. The first-order valence-corrected chi connectivity index (χ1v) is 12.9. The Labute approximate surface area is 221 Å². The van der Waals surface area contributed by atoms with Gasteiger partial charge in [0.25, 0.3) is 5.91 Å². The Morgan fingerprint density at radius 1 is 1.05 bits per heavy atom. The van der Waals surface area contributed by atoms with Crippen LogP contribution in [0, 0.1) is 5.92 Å². The molecule has 202 valence electrons. The number of benzene rings is 1. The van der Waals surface area contributed by atoms with Crippen molar-refractivity contribution in [2.45, 2.75) is 71.2 Å². The maximum Gasteiger partial charge on any atom is 0.325 e. The molecule has 4 atom stereocenters. The third-order valence-electron chi connectivity index (χ3n) is 6.68. The molecular weight excluding hydrogens is 488 g/mol. The van der Waals surface area contributed by atoms with Crippen LogP contribution in [0.5, 0.6) is 0 Å². The predicted molar refractivity (Wildman–Crippen MR) is 140 cm³/mol. The second kappa shape index (κ2) is 11.7. The first-order chi connectivity index (χ1) is 18.1. The van der Waals surface area contributed by atoms with Gasteiger partial charge in [0.1, 0.15) is 29.9 Å². The van der Waals surface area contributed by atoms with Gasteiger partial charge in [-0.05, 0) is 56.4 Å². The Bertz CT molecular complexity index is 1260. The van der Waals surface area contributed by atoms with Gasteiger partial charge in [-0.15, -0.1) is 0 Å². The Kier molecular flexibility index (Phi) is 8.35. The molecule has 3 amide bonds. The van der Waals surface area contributed by atoms with Gasteiger partial charge in [-0.2, -0.15) is 10.2 Å². The van der Waals surface area contributed by atoms with Crippen LogP contribution >= 0.6 is 0 Å². The number of hydrogen-bond acceptors (Lipinski definition) is 8. The minimum Gasteiger partial charge on any atom is -0.455 e. The van der Waals surface area contributed by atoms with Crippen molar-refractivity contribution in [2.24, 2.45) is 5.92 Å². The molecule has 1 aromatic heterocycles. The summed E-state index contributed by atoms with van der Waals surface area (Å²) in [4.78, 5) is 51.7. The first-order valence-electron chi connectivity index (χ1n) is 12.9. The van der Waals surface area contributed by atoms with Crippen molar-refractivity contribution in [3.63, 3.8) is 0 Å². The topological polar surface area (TPSA) is 143 Å². The van der Waals surface area contributed by atoms with Gasteiger partial charge in [-0.1, -0.05) is 32.1 Å². The van der Waals surface area contributed by atoms with E-state index in [0.717, 1.165) is 10.9 Å². The lowest BCUT2D eigenvalue weighted by atomic mass is 10.0. The van der Waals surface area contributed by atoms with Crippen LogP contribution in [0.2, 0.25) is 0 Å². The Balaban J connectivity index is 1.64. The van der Waals surface area contributed by atoms with E-state index in [1.807, 2.05) is 44.2 Å². The zero-order valence-corrected chi connectivity index (χ0v) is 22.1. The van der Waals surface area contributed by atoms with Crippen molar-refractivity contribution in [1.29, 1.82) is 0 Å². The third-order valence-corrected chi connectivity index (χ3v) is 6.68. The monoisotopic (exact) mass is 522 g/mol. The van der Waals surface area contributed by atoms with Crippen molar-refractivity contribution < 1.29 is 23.9 Å². The number of carbonyl (C=O) groups excluding carboxylic acids is 4. The predicted octanol–water partition coefficient (Wildman–Crippen LogP) is 1.79. The van der Waals surface area contributed by atoms with Gasteiger partial charge in [0.2, 0.25) is 11.8 Å². The molecule has 0 radical (unpaired) electrons. The quantitative estimate of drug-likeness (QED) is 0.481. The van der Waals surface area contributed by atoms with Gasteiger partial charge >= 0.3 is 5.97 Å². The van der Waals surface area contributed by atoms with Gasteiger partial charge in [-0.25, -0.2) is 5.43 Å². The molecule has 3 N–H and O–H groups in total. The van der Waals surface area contributed by atoms with E-state index >= 15 is 0 Å². The van der Waals surface area contributed by atoms with E-state index in [4.69, 9.17) is 4.74 Å². The first kappa shape index (κ1) is 27.2. The van der Waals surface area contributed by atoms with E-state index in [1.54, 1.807) is 19.9 Å². The number of carbonyl (C=O) groups is 4. The maximum atomic E-state index is 13.1. The fourth-order valence-electron chi connectivity index (χ4n) is 4.48. The molecule has 2 aliphatic rings. The number of ether oxygens (including phenoxy) is 1. The van der Waals surface area contributed by atoms with E-state index in [-0.39, 0.29) is 24.2 Å². The number of rotatable bonds is 1. The molecule has 5 bridgehead atoms. The third kappa shape index (κ3) is 6.34. The van der Waals surface area contributed by atoms with Crippen molar-refractivity contribution in [1.82, 2.24) is 31.3 Å². The van der Waals surface area contributed by atoms with Gasteiger partial charge in [0, 0.05) is 18.4 Å². The van der Waals surface area contributed by atoms with Crippen LogP contribution in [0.25, 0.3) is 17.0 Å². The lowest BCUT2D eigenvalue weighted by Gasteiger charge is -2.35. The molecule has 1 aromatic carbocycles. The van der Waals surface area contributed by atoms with Crippen molar-refractivity contribution in [3.05, 3.63) is 41.6 Å². The van der Waals surface area contributed by atoms with Crippen LogP contribution in [-0.2, 0) is 23.9 Å². The maximum absolute atomic E-state index is 13.1. The van der Waals surface area contributed by atoms with Gasteiger partial charge < -0.3 is 15.4 Å². The van der Waals surface area contributed by atoms with E-state index in [0.29, 0.717) is 30.6 Å². The molecule has 0 spiro atoms. The molecule has 11 heteroatoms. The fraction of sp³-hybridized carbons (Fsp3) is 0.481. The molecule has 2 aromatic rings. The van der Waals surface area contributed by atoms with Gasteiger partial charge in [0.05, 0.1) is 5.52 Å². The van der Waals surface area contributed by atoms with E-state index in [1.165, 1.54) is 5.01 Å². The molecule has 0 aliphatic carbocycles. The second-order valence-corrected chi connectivity index (χ2v) is 10.1. The van der Waals surface area contributed by atoms with Crippen molar-refractivity contribution in [2.75, 3.05) is 6.54 Å². The highest BCUT2D eigenvalue weighted by Crippen LogP contribution is 2.22. The average Bonchev–Trinajstić information content (AvgIpc) is 2.90. The number of fused-ring (bicyclic) bond motifs is 4. The molecule has 3 heterocycles. The number of amides is 3. The summed E-state index contributed by atoms with van der Waals surface area (Å²) in [7, 11) is 0. The smallest absolute Gasteiger partial charge is 0.325 e. The van der Waals surface area contributed by atoms with E-state index < -0.39 is 36.1 Å². The summed E-state index contributed by atoms with van der Waals surface area (Å²) in [5.41, 5.74) is 4.99. The highest BCUT2D eigenvalue weighted by molar-refractivity contribution is 5.92. The summed E-state index contributed by atoms with van der Waals surface area (Å²) in [6, 6.07) is 5.03. The van der Waals surface area contributed by atoms with Crippen molar-refractivity contribution >= 4 is 40.7 Å². The highest BCUT2D eigenvalue weighted by Gasteiger charge is 2.33. The fourth-order valence-corrected chi connectivity index (χ4v) is 4.48. The van der Waals surface area contributed by atoms with Crippen molar-refractivity contribution in [3.8, 4) is 0 Å². The highest BCUT2D eigenvalue weighted by atomic mass is 16.5. The minimum absolute atomic E-state index is 0.0783. The van der Waals surface area contributed by atoms with Crippen LogP contribution in [0.4, 0.5) is 0 Å². The molecule has 11 nitrogen and oxygen atoms in total. The van der Waals surface area contributed by atoms with Gasteiger partial charge in [0.15, 0.2) is 0 Å². The Hall–Kier alpha value is -3.86. The van der Waals surface area contributed by atoms with Crippen LogP contribution in [0.1, 0.15) is 64.3 Å². The molecule has 1 saturated heterocycles. The molecular formula is C27H34N6O5. The van der Waals surface area contributed by atoms with Crippen LogP contribution < -0.4 is 16.1 Å². The number of nitrogens with zero attached hydrogens (tertiary/aromatic N) is 3. The normalized spacial score (nSPS) is 26.6. The number of esters is 1. The minimum atomic E-state index is -0.871. The summed E-state index contributed by atoms with van der Waals surface area (Å²) in [5.74, 6) is -1.84. The average molecular weight is 523 g/mol. The number of hydrazine groups is 1.